The SMILES string of the molecule is CC1CCCC(CCNC(=O)C(Br)C(C)C)C1. The van der Waals surface area contributed by atoms with Crippen molar-refractivity contribution in [3.8, 4) is 0 Å². The summed E-state index contributed by atoms with van der Waals surface area (Å²) in [4.78, 5) is 11.7. The molecule has 0 radical (unpaired) electrons. The molecule has 2 nitrogen and oxygen atoms in total. The number of carbonyl (C=O) groups excluding carboxylic acids is 1. The zero-order valence-corrected chi connectivity index (χ0v) is 12.9. The van der Waals surface area contributed by atoms with Crippen molar-refractivity contribution in [1.82, 2.24) is 5.32 Å². The number of nitrogens with one attached hydrogen (secondary N) is 1. The molecule has 0 heterocycles. The second-order valence-corrected chi connectivity index (χ2v) is 6.85. The maximum Gasteiger partial charge on any atom is 0.234 e. The van der Waals surface area contributed by atoms with Crippen LogP contribution < -0.4 is 5.32 Å². The summed E-state index contributed by atoms with van der Waals surface area (Å²) >= 11 is 3.43. The lowest BCUT2D eigenvalue weighted by Crippen LogP contribution is -2.35. The van der Waals surface area contributed by atoms with Crippen molar-refractivity contribution in [2.45, 2.75) is 57.7 Å². The van der Waals surface area contributed by atoms with Gasteiger partial charge in [-0.3, -0.25) is 4.79 Å². The molecule has 17 heavy (non-hydrogen) atoms. The first-order chi connectivity index (χ1) is 8.00. The van der Waals surface area contributed by atoms with Crippen molar-refractivity contribution < 1.29 is 4.79 Å². The molecule has 0 spiro atoms. The van der Waals surface area contributed by atoms with Crippen LogP contribution in [0.3, 0.4) is 0 Å². The Morgan fingerprint density at radius 2 is 2.12 bits per heavy atom. The molecule has 3 atom stereocenters. The van der Waals surface area contributed by atoms with E-state index in [1.165, 1.54) is 25.7 Å². The third kappa shape index (κ3) is 5.41. The topological polar surface area (TPSA) is 29.1 Å². The molecule has 100 valence electrons. The molecule has 1 fully saturated rings. The van der Waals surface area contributed by atoms with Crippen LogP contribution in [0.4, 0.5) is 0 Å². The molecule has 0 aromatic carbocycles. The van der Waals surface area contributed by atoms with Gasteiger partial charge in [-0.1, -0.05) is 56.0 Å². The van der Waals surface area contributed by atoms with Gasteiger partial charge in [0, 0.05) is 6.54 Å². The monoisotopic (exact) mass is 303 g/mol. The van der Waals surface area contributed by atoms with Crippen molar-refractivity contribution in [3.63, 3.8) is 0 Å². The van der Waals surface area contributed by atoms with E-state index in [1.807, 2.05) is 0 Å². The number of halogens is 1. The molecule has 0 bridgehead atoms. The van der Waals surface area contributed by atoms with E-state index in [0.717, 1.165) is 24.8 Å². The molecule has 1 amide bonds. The van der Waals surface area contributed by atoms with Crippen LogP contribution in [0.2, 0.25) is 0 Å². The first kappa shape index (κ1) is 15.0. The van der Waals surface area contributed by atoms with Crippen LogP contribution in [0.25, 0.3) is 0 Å². The van der Waals surface area contributed by atoms with E-state index in [-0.39, 0.29) is 10.7 Å². The van der Waals surface area contributed by atoms with Gasteiger partial charge < -0.3 is 5.32 Å². The van der Waals surface area contributed by atoms with Crippen LogP contribution in [0.1, 0.15) is 52.9 Å². The second kappa shape index (κ2) is 7.40. The predicted octanol–water partition coefficient (Wildman–Crippen LogP) is 3.74. The van der Waals surface area contributed by atoms with Gasteiger partial charge in [0.05, 0.1) is 4.83 Å². The average Bonchev–Trinajstić information content (AvgIpc) is 2.27. The molecule has 1 saturated carbocycles. The summed E-state index contributed by atoms with van der Waals surface area (Å²) in [5, 5.41) is 3.04. The third-order valence-electron chi connectivity index (χ3n) is 3.73. The van der Waals surface area contributed by atoms with Gasteiger partial charge in [-0.2, -0.15) is 0 Å². The molecule has 3 heteroatoms. The zero-order chi connectivity index (χ0) is 12.8. The van der Waals surface area contributed by atoms with Crippen LogP contribution >= 0.6 is 15.9 Å². The summed E-state index contributed by atoms with van der Waals surface area (Å²) in [5.41, 5.74) is 0. The van der Waals surface area contributed by atoms with Crippen molar-refractivity contribution in [3.05, 3.63) is 0 Å². The Kier molecular flexibility index (Phi) is 6.53. The zero-order valence-electron chi connectivity index (χ0n) is 11.3. The fourth-order valence-electron chi connectivity index (χ4n) is 2.62. The van der Waals surface area contributed by atoms with E-state index in [4.69, 9.17) is 0 Å². The number of hydrogen-bond acceptors (Lipinski definition) is 1. The molecule has 3 unspecified atom stereocenters. The first-order valence-electron chi connectivity index (χ1n) is 6.92. The second-order valence-electron chi connectivity index (χ2n) is 5.86. The molecule has 1 aliphatic rings. The Morgan fingerprint density at radius 3 is 2.71 bits per heavy atom. The van der Waals surface area contributed by atoms with E-state index >= 15 is 0 Å². The van der Waals surface area contributed by atoms with E-state index in [0.29, 0.717) is 5.92 Å². The van der Waals surface area contributed by atoms with Crippen molar-refractivity contribution >= 4 is 21.8 Å². The standard InChI is InChI=1S/C14H26BrNO/c1-10(2)13(15)14(17)16-8-7-12-6-4-5-11(3)9-12/h10-13H,4-9H2,1-3H3,(H,16,17). The fourth-order valence-corrected chi connectivity index (χ4v) is 2.78. The molecule has 1 N–H and O–H groups in total. The third-order valence-corrected chi connectivity index (χ3v) is 5.21. The van der Waals surface area contributed by atoms with E-state index in [1.54, 1.807) is 0 Å². The summed E-state index contributed by atoms with van der Waals surface area (Å²) in [6.45, 7) is 7.30. The quantitative estimate of drug-likeness (QED) is 0.770. The molecular weight excluding hydrogens is 278 g/mol. The summed E-state index contributed by atoms with van der Waals surface area (Å²) in [7, 11) is 0. The van der Waals surface area contributed by atoms with Gasteiger partial charge in [0.15, 0.2) is 0 Å². The molecule has 0 aromatic rings. The van der Waals surface area contributed by atoms with Gasteiger partial charge >= 0.3 is 0 Å². The Balaban J connectivity index is 2.16. The summed E-state index contributed by atoms with van der Waals surface area (Å²) in [6.07, 6.45) is 6.60. The molecule has 1 rings (SSSR count). The van der Waals surface area contributed by atoms with E-state index < -0.39 is 0 Å². The number of hydrogen-bond donors (Lipinski definition) is 1. The van der Waals surface area contributed by atoms with Gasteiger partial charge in [-0.15, -0.1) is 0 Å². The van der Waals surface area contributed by atoms with Gasteiger partial charge in [-0.05, 0) is 30.6 Å². The molecular formula is C14H26BrNO. The normalized spacial score (nSPS) is 26.9. The van der Waals surface area contributed by atoms with Gasteiger partial charge in [-0.25, -0.2) is 0 Å². The number of amides is 1. The Labute approximate surface area is 114 Å². The fraction of sp³-hybridized carbons (Fsp3) is 0.929. The predicted molar refractivity (Wildman–Crippen MR) is 76.3 cm³/mol. The highest BCUT2D eigenvalue weighted by atomic mass is 79.9. The minimum atomic E-state index is -0.0484. The van der Waals surface area contributed by atoms with Crippen molar-refractivity contribution in [1.29, 1.82) is 0 Å². The maximum atomic E-state index is 11.7. The lowest BCUT2D eigenvalue weighted by atomic mass is 9.81. The molecule has 0 aromatic heterocycles. The Bertz CT molecular complexity index is 242. The molecule has 0 aliphatic heterocycles. The molecule has 0 saturated heterocycles. The summed E-state index contributed by atoms with van der Waals surface area (Å²) < 4.78 is 0. The minimum absolute atomic E-state index is 0.0484. The highest BCUT2D eigenvalue weighted by molar-refractivity contribution is 9.10. The van der Waals surface area contributed by atoms with E-state index in [9.17, 15) is 4.79 Å². The van der Waals surface area contributed by atoms with E-state index in [2.05, 4.69) is 42.0 Å². The van der Waals surface area contributed by atoms with Crippen LogP contribution in [-0.4, -0.2) is 17.3 Å². The molecule has 1 aliphatic carbocycles. The number of alkyl halides is 1. The largest absolute Gasteiger partial charge is 0.355 e. The van der Waals surface area contributed by atoms with Gasteiger partial charge in [0.2, 0.25) is 5.91 Å². The highest BCUT2D eigenvalue weighted by Gasteiger charge is 2.20. The maximum absolute atomic E-state index is 11.7. The highest BCUT2D eigenvalue weighted by Crippen LogP contribution is 2.30. The van der Waals surface area contributed by atoms with Crippen molar-refractivity contribution in [2.24, 2.45) is 17.8 Å². The van der Waals surface area contributed by atoms with Crippen LogP contribution in [0.15, 0.2) is 0 Å². The first-order valence-corrected chi connectivity index (χ1v) is 7.84. The average molecular weight is 304 g/mol. The van der Waals surface area contributed by atoms with Crippen LogP contribution in [-0.2, 0) is 4.79 Å². The summed E-state index contributed by atoms with van der Waals surface area (Å²) in [6, 6.07) is 0. The number of rotatable bonds is 5. The lowest BCUT2D eigenvalue weighted by Gasteiger charge is -2.26. The smallest absolute Gasteiger partial charge is 0.234 e. The minimum Gasteiger partial charge on any atom is -0.355 e. The van der Waals surface area contributed by atoms with Gasteiger partial charge in [0.1, 0.15) is 0 Å². The Hall–Kier alpha value is -0.0500. The number of carbonyl (C=O) groups is 1. The lowest BCUT2D eigenvalue weighted by molar-refractivity contribution is -0.121. The summed E-state index contributed by atoms with van der Waals surface area (Å²) in [5.74, 6) is 2.20. The van der Waals surface area contributed by atoms with Crippen LogP contribution in [0.5, 0.6) is 0 Å². The van der Waals surface area contributed by atoms with Crippen molar-refractivity contribution in [2.75, 3.05) is 6.54 Å². The van der Waals surface area contributed by atoms with Gasteiger partial charge in [0.25, 0.3) is 0 Å². The Morgan fingerprint density at radius 1 is 1.41 bits per heavy atom. The van der Waals surface area contributed by atoms with Crippen LogP contribution in [0, 0.1) is 17.8 Å².